The van der Waals surface area contributed by atoms with Crippen molar-refractivity contribution in [2.24, 2.45) is 11.1 Å². The van der Waals surface area contributed by atoms with Crippen molar-refractivity contribution >= 4 is 0 Å². The number of nitrogens with two attached hydrogens (primary N) is 1. The van der Waals surface area contributed by atoms with Gasteiger partial charge in [-0.3, -0.25) is 0 Å². The molecule has 10 heavy (non-hydrogen) atoms. The molecule has 0 saturated carbocycles. The fourth-order valence-corrected chi connectivity index (χ4v) is 1.48. The third-order valence-corrected chi connectivity index (χ3v) is 2.33. The van der Waals surface area contributed by atoms with Gasteiger partial charge < -0.3 is 11.1 Å². The molecule has 0 aromatic carbocycles. The van der Waals surface area contributed by atoms with E-state index in [4.69, 9.17) is 5.73 Å². The zero-order chi connectivity index (χ0) is 7.78. The first-order chi connectivity index (χ1) is 4.51. The Balaban J connectivity index is 2.49. The predicted octanol–water partition coefficient (Wildman–Crippen LogP) is 0.722. The van der Waals surface area contributed by atoms with Crippen molar-refractivity contribution in [2.45, 2.75) is 39.3 Å². The number of piperidine rings is 1. The molecule has 0 aliphatic carbocycles. The molecule has 1 heterocycles. The van der Waals surface area contributed by atoms with Crippen molar-refractivity contribution in [3.05, 3.63) is 0 Å². The van der Waals surface area contributed by atoms with Crippen molar-refractivity contribution in [1.82, 2.24) is 5.32 Å². The minimum atomic E-state index is 0.337. The molecule has 1 saturated heterocycles. The minimum Gasteiger partial charge on any atom is -0.326 e. The molecule has 0 spiro atoms. The molecule has 3 N–H and O–H groups in total. The van der Waals surface area contributed by atoms with Crippen LogP contribution in [-0.4, -0.2) is 18.6 Å². The molecule has 0 unspecified atom stereocenters. The van der Waals surface area contributed by atoms with E-state index in [-0.39, 0.29) is 0 Å². The summed E-state index contributed by atoms with van der Waals surface area (Å²) in [6.45, 7) is 7.76. The molecular weight excluding hydrogens is 124 g/mol. The molecule has 1 fully saturated rings. The van der Waals surface area contributed by atoms with Crippen LogP contribution in [0.5, 0.6) is 0 Å². The molecule has 0 bridgehead atoms. The van der Waals surface area contributed by atoms with Gasteiger partial charge in [-0.25, -0.2) is 0 Å². The Morgan fingerprint density at radius 2 is 2.10 bits per heavy atom. The number of hydrogen-bond donors (Lipinski definition) is 2. The van der Waals surface area contributed by atoms with Crippen LogP contribution in [0, 0.1) is 5.41 Å². The predicted molar refractivity (Wildman–Crippen MR) is 43.8 cm³/mol. The molecule has 0 amide bonds. The summed E-state index contributed by atoms with van der Waals surface area (Å²) in [5.74, 6) is 0. The van der Waals surface area contributed by atoms with Crippen LogP contribution in [0.1, 0.15) is 27.2 Å². The van der Waals surface area contributed by atoms with E-state index in [1.54, 1.807) is 0 Å². The minimum absolute atomic E-state index is 0.337. The molecule has 0 radical (unpaired) electrons. The summed E-state index contributed by atoms with van der Waals surface area (Å²) in [5, 5.41) is 3.40. The fourth-order valence-electron chi connectivity index (χ4n) is 1.48. The van der Waals surface area contributed by atoms with E-state index in [1.807, 2.05) is 0 Å². The maximum atomic E-state index is 5.89. The van der Waals surface area contributed by atoms with Crippen LogP contribution < -0.4 is 11.1 Å². The van der Waals surface area contributed by atoms with Crippen molar-refractivity contribution in [3.8, 4) is 0 Å². The summed E-state index contributed by atoms with van der Waals surface area (Å²) in [6.07, 6.45) is 1.14. The highest BCUT2D eigenvalue weighted by Gasteiger charge is 2.29. The van der Waals surface area contributed by atoms with Gasteiger partial charge in [0.2, 0.25) is 0 Å². The van der Waals surface area contributed by atoms with E-state index in [1.165, 1.54) is 0 Å². The topological polar surface area (TPSA) is 38.0 Å². The Bertz CT molecular complexity index is 120. The number of nitrogens with one attached hydrogen (secondary N) is 1. The van der Waals surface area contributed by atoms with E-state index in [0.717, 1.165) is 13.0 Å². The third kappa shape index (κ3) is 1.70. The van der Waals surface area contributed by atoms with E-state index >= 15 is 0 Å². The summed E-state index contributed by atoms with van der Waals surface area (Å²) in [7, 11) is 0. The Morgan fingerprint density at radius 1 is 1.50 bits per heavy atom. The molecule has 60 valence electrons. The van der Waals surface area contributed by atoms with Crippen LogP contribution >= 0.6 is 0 Å². The molecule has 2 nitrogen and oxygen atoms in total. The SMILES string of the molecule is C[C@H]1NCC(C)(C)C[C@@H]1N. The van der Waals surface area contributed by atoms with Crippen LogP contribution in [0.15, 0.2) is 0 Å². The zero-order valence-corrected chi connectivity index (χ0v) is 7.15. The maximum Gasteiger partial charge on any atom is 0.0197 e. The highest BCUT2D eigenvalue weighted by Crippen LogP contribution is 2.25. The average Bonchev–Trinajstić information content (AvgIpc) is 1.79. The Kier molecular flexibility index (Phi) is 2.02. The lowest BCUT2D eigenvalue weighted by atomic mass is 9.80. The zero-order valence-electron chi connectivity index (χ0n) is 7.15. The smallest absolute Gasteiger partial charge is 0.0197 e. The molecule has 1 aliphatic rings. The second-order valence-corrected chi connectivity index (χ2v) is 4.20. The van der Waals surface area contributed by atoms with E-state index in [0.29, 0.717) is 17.5 Å². The van der Waals surface area contributed by atoms with E-state index in [9.17, 15) is 0 Å². The first-order valence-electron chi connectivity index (χ1n) is 4.00. The van der Waals surface area contributed by atoms with Gasteiger partial charge in [-0.05, 0) is 18.8 Å². The second kappa shape index (κ2) is 2.51. The van der Waals surface area contributed by atoms with Crippen LogP contribution in [0.4, 0.5) is 0 Å². The van der Waals surface area contributed by atoms with Gasteiger partial charge in [-0.15, -0.1) is 0 Å². The van der Waals surface area contributed by atoms with Gasteiger partial charge >= 0.3 is 0 Å². The van der Waals surface area contributed by atoms with Crippen LogP contribution in [-0.2, 0) is 0 Å². The number of hydrogen-bond acceptors (Lipinski definition) is 2. The van der Waals surface area contributed by atoms with Crippen LogP contribution in [0.25, 0.3) is 0 Å². The van der Waals surface area contributed by atoms with Crippen molar-refractivity contribution < 1.29 is 0 Å². The van der Waals surface area contributed by atoms with Crippen molar-refractivity contribution in [1.29, 1.82) is 0 Å². The highest BCUT2D eigenvalue weighted by molar-refractivity contribution is 4.89. The molecule has 0 aromatic heterocycles. The summed E-state index contributed by atoms with van der Waals surface area (Å²) < 4.78 is 0. The summed E-state index contributed by atoms with van der Waals surface area (Å²) in [6, 6.07) is 0.830. The summed E-state index contributed by atoms with van der Waals surface area (Å²) in [4.78, 5) is 0. The monoisotopic (exact) mass is 142 g/mol. The van der Waals surface area contributed by atoms with Crippen molar-refractivity contribution in [2.75, 3.05) is 6.54 Å². The standard InChI is InChI=1S/C8H18N2/c1-6-7(9)4-8(2,3)5-10-6/h6-7,10H,4-5,9H2,1-3H3/t6-,7+/m1/s1. The number of rotatable bonds is 0. The summed E-state index contributed by atoms with van der Waals surface area (Å²) in [5.41, 5.74) is 6.29. The van der Waals surface area contributed by atoms with Crippen LogP contribution in [0.2, 0.25) is 0 Å². The highest BCUT2D eigenvalue weighted by atomic mass is 15.0. The molecule has 2 atom stereocenters. The first-order valence-corrected chi connectivity index (χ1v) is 4.00. The Labute approximate surface area is 63.2 Å². The molecular formula is C8H18N2. The van der Waals surface area contributed by atoms with E-state index in [2.05, 4.69) is 26.1 Å². The Hall–Kier alpha value is -0.0800. The van der Waals surface area contributed by atoms with Gasteiger partial charge in [0.05, 0.1) is 0 Å². The lowest BCUT2D eigenvalue weighted by Crippen LogP contribution is -2.53. The van der Waals surface area contributed by atoms with Gasteiger partial charge in [-0.1, -0.05) is 13.8 Å². The van der Waals surface area contributed by atoms with Crippen molar-refractivity contribution in [3.63, 3.8) is 0 Å². The quantitative estimate of drug-likeness (QED) is 0.523. The maximum absolute atomic E-state index is 5.89. The van der Waals surface area contributed by atoms with Gasteiger partial charge in [0.1, 0.15) is 0 Å². The van der Waals surface area contributed by atoms with Crippen LogP contribution in [0.3, 0.4) is 0 Å². The molecule has 0 aromatic rings. The average molecular weight is 142 g/mol. The normalized spacial score (nSPS) is 39.6. The third-order valence-electron chi connectivity index (χ3n) is 2.33. The fraction of sp³-hybridized carbons (Fsp3) is 1.00. The van der Waals surface area contributed by atoms with Gasteiger partial charge in [0.15, 0.2) is 0 Å². The van der Waals surface area contributed by atoms with E-state index < -0.39 is 0 Å². The lowest BCUT2D eigenvalue weighted by Gasteiger charge is -2.38. The molecule has 2 heteroatoms. The van der Waals surface area contributed by atoms with Gasteiger partial charge in [-0.2, -0.15) is 0 Å². The Morgan fingerprint density at radius 3 is 2.50 bits per heavy atom. The molecule has 1 aliphatic heterocycles. The van der Waals surface area contributed by atoms with Gasteiger partial charge in [0, 0.05) is 18.6 Å². The first kappa shape index (κ1) is 8.02. The lowest BCUT2D eigenvalue weighted by molar-refractivity contribution is 0.204. The molecule has 1 rings (SSSR count). The summed E-state index contributed by atoms with van der Waals surface area (Å²) >= 11 is 0. The largest absolute Gasteiger partial charge is 0.326 e. The van der Waals surface area contributed by atoms with Gasteiger partial charge in [0.25, 0.3) is 0 Å². The second-order valence-electron chi connectivity index (χ2n) is 4.20.